The molecule has 0 heterocycles. The molecule has 80 valence electrons. The van der Waals surface area contributed by atoms with Crippen LogP contribution in [-0.2, 0) is 0 Å². The first-order chi connectivity index (χ1) is 6.43. The van der Waals surface area contributed by atoms with Gasteiger partial charge in [-0.15, -0.1) is 0 Å². The molecule has 0 aromatic rings. The van der Waals surface area contributed by atoms with E-state index in [4.69, 9.17) is 5.73 Å². The minimum absolute atomic E-state index is 0.659. The van der Waals surface area contributed by atoms with Crippen molar-refractivity contribution >= 4 is 0 Å². The lowest BCUT2D eigenvalue weighted by molar-refractivity contribution is 0.172. The van der Waals surface area contributed by atoms with Gasteiger partial charge < -0.3 is 5.73 Å². The number of rotatable bonds is 2. The summed E-state index contributed by atoms with van der Waals surface area (Å²) in [4.78, 5) is 0. The molecule has 0 radical (unpaired) electrons. The predicted octanol–water partition coefficient (Wildman–Crippen LogP) is 3.33. The molecule has 1 saturated carbocycles. The number of nitrogens with two attached hydrogens (primary N) is 1. The normalized spacial score (nSPS) is 38.4. The summed E-state index contributed by atoms with van der Waals surface area (Å²) in [5.41, 5.74) is 7.89. The molecule has 1 aliphatic rings. The van der Waals surface area contributed by atoms with Crippen LogP contribution in [0.1, 0.15) is 33.6 Å². The van der Waals surface area contributed by atoms with Gasteiger partial charge in [0.25, 0.3) is 0 Å². The van der Waals surface area contributed by atoms with Crippen molar-refractivity contribution in [2.75, 3.05) is 0 Å². The number of allylic oxidation sites excluding steroid dienone is 2. The molecular formula is C13H23N. The van der Waals surface area contributed by atoms with Crippen molar-refractivity contribution in [1.82, 2.24) is 0 Å². The third kappa shape index (κ3) is 2.20. The van der Waals surface area contributed by atoms with Crippen molar-refractivity contribution in [3.8, 4) is 0 Å². The van der Waals surface area contributed by atoms with Gasteiger partial charge in [-0.3, -0.25) is 0 Å². The Morgan fingerprint density at radius 3 is 2.43 bits per heavy atom. The standard InChI is InChI=1S/C13H23N/c1-8-6-13(7-9(2)14)12(5)11(4)10(8)3/h10-13H,1-2,6-7,14H2,3-5H3. The molecule has 1 fully saturated rings. The fourth-order valence-electron chi connectivity index (χ4n) is 2.56. The second kappa shape index (κ2) is 4.20. The fourth-order valence-corrected chi connectivity index (χ4v) is 2.56. The average molecular weight is 193 g/mol. The first kappa shape index (κ1) is 11.4. The molecule has 4 atom stereocenters. The molecule has 1 heteroatoms. The number of hydrogen-bond acceptors (Lipinski definition) is 1. The molecule has 0 spiro atoms. The van der Waals surface area contributed by atoms with Crippen molar-refractivity contribution in [3.63, 3.8) is 0 Å². The van der Waals surface area contributed by atoms with Gasteiger partial charge in [-0.05, 0) is 36.5 Å². The summed E-state index contributed by atoms with van der Waals surface area (Å²) in [6.07, 6.45) is 2.08. The maximum absolute atomic E-state index is 5.69. The van der Waals surface area contributed by atoms with Crippen LogP contribution in [0.4, 0.5) is 0 Å². The van der Waals surface area contributed by atoms with E-state index < -0.39 is 0 Å². The van der Waals surface area contributed by atoms with Crippen LogP contribution < -0.4 is 5.73 Å². The molecule has 0 bridgehead atoms. The van der Waals surface area contributed by atoms with Gasteiger partial charge in [-0.1, -0.05) is 39.5 Å². The molecule has 1 rings (SSSR count). The smallest absolute Gasteiger partial charge is 0.00104 e. The average Bonchev–Trinajstić information content (AvgIpc) is 2.10. The fraction of sp³-hybridized carbons (Fsp3) is 0.692. The second-order valence-electron chi connectivity index (χ2n) is 4.99. The molecule has 1 aliphatic carbocycles. The zero-order chi connectivity index (χ0) is 10.9. The summed E-state index contributed by atoms with van der Waals surface area (Å²) in [7, 11) is 0. The molecular weight excluding hydrogens is 170 g/mol. The van der Waals surface area contributed by atoms with Gasteiger partial charge in [-0.2, -0.15) is 0 Å². The van der Waals surface area contributed by atoms with Crippen LogP contribution in [0.25, 0.3) is 0 Å². The van der Waals surface area contributed by atoms with E-state index in [9.17, 15) is 0 Å². The largest absolute Gasteiger partial charge is 0.403 e. The number of hydrogen-bond donors (Lipinski definition) is 1. The summed E-state index contributed by atoms with van der Waals surface area (Å²) in [6, 6.07) is 0. The van der Waals surface area contributed by atoms with Crippen LogP contribution in [0, 0.1) is 23.7 Å². The topological polar surface area (TPSA) is 26.0 Å². The van der Waals surface area contributed by atoms with E-state index in [0.717, 1.165) is 30.4 Å². The second-order valence-corrected chi connectivity index (χ2v) is 4.99. The van der Waals surface area contributed by atoms with Crippen molar-refractivity contribution < 1.29 is 0 Å². The Morgan fingerprint density at radius 1 is 1.36 bits per heavy atom. The van der Waals surface area contributed by atoms with Crippen LogP contribution >= 0.6 is 0 Å². The van der Waals surface area contributed by atoms with Crippen molar-refractivity contribution in [2.24, 2.45) is 29.4 Å². The highest BCUT2D eigenvalue weighted by Gasteiger charge is 2.33. The lowest BCUT2D eigenvalue weighted by Gasteiger charge is -2.40. The minimum atomic E-state index is 0.659. The summed E-state index contributed by atoms with van der Waals surface area (Å²) < 4.78 is 0. The van der Waals surface area contributed by atoms with E-state index in [1.165, 1.54) is 5.57 Å². The highest BCUT2D eigenvalue weighted by molar-refractivity contribution is 5.09. The predicted molar refractivity (Wildman–Crippen MR) is 62.7 cm³/mol. The Labute approximate surface area is 88.1 Å². The van der Waals surface area contributed by atoms with Crippen molar-refractivity contribution in [3.05, 3.63) is 24.4 Å². The molecule has 0 amide bonds. The Kier molecular flexibility index (Phi) is 3.41. The quantitative estimate of drug-likeness (QED) is 0.669. The van der Waals surface area contributed by atoms with Gasteiger partial charge in [0, 0.05) is 5.70 Å². The summed E-state index contributed by atoms with van der Waals surface area (Å²) in [5, 5.41) is 0. The van der Waals surface area contributed by atoms with E-state index in [0.29, 0.717) is 11.8 Å². The third-order valence-electron chi connectivity index (χ3n) is 4.05. The van der Waals surface area contributed by atoms with Crippen LogP contribution in [-0.4, -0.2) is 0 Å². The van der Waals surface area contributed by atoms with E-state index in [1.54, 1.807) is 0 Å². The van der Waals surface area contributed by atoms with E-state index in [-0.39, 0.29) is 0 Å². The zero-order valence-corrected chi connectivity index (χ0v) is 9.72. The highest BCUT2D eigenvalue weighted by Crippen LogP contribution is 2.42. The summed E-state index contributed by atoms with van der Waals surface area (Å²) in [5.74, 6) is 2.77. The summed E-state index contributed by atoms with van der Waals surface area (Å²) >= 11 is 0. The van der Waals surface area contributed by atoms with Gasteiger partial charge in [0.1, 0.15) is 0 Å². The van der Waals surface area contributed by atoms with Gasteiger partial charge in [0.15, 0.2) is 0 Å². The molecule has 0 saturated heterocycles. The van der Waals surface area contributed by atoms with E-state index in [1.807, 2.05) is 0 Å². The SMILES string of the molecule is C=C(N)CC1CC(=C)C(C)C(C)C1C. The van der Waals surface area contributed by atoms with Gasteiger partial charge in [-0.25, -0.2) is 0 Å². The lowest BCUT2D eigenvalue weighted by Crippen LogP contribution is -2.32. The molecule has 2 N–H and O–H groups in total. The van der Waals surface area contributed by atoms with Gasteiger partial charge in [0.05, 0.1) is 0 Å². The van der Waals surface area contributed by atoms with Crippen molar-refractivity contribution in [1.29, 1.82) is 0 Å². The maximum Gasteiger partial charge on any atom is 0.00104 e. The monoisotopic (exact) mass is 193 g/mol. The van der Waals surface area contributed by atoms with Crippen molar-refractivity contribution in [2.45, 2.75) is 33.6 Å². The van der Waals surface area contributed by atoms with E-state index in [2.05, 4.69) is 33.9 Å². The Hall–Kier alpha value is -0.720. The minimum Gasteiger partial charge on any atom is -0.403 e. The molecule has 0 aliphatic heterocycles. The summed E-state index contributed by atoms with van der Waals surface area (Å²) in [6.45, 7) is 14.9. The molecule has 1 nitrogen and oxygen atoms in total. The van der Waals surface area contributed by atoms with Crippen LogP contribution in [0.3, 0.4) is 0 Å². The van der Waals surface area contributed by atoms with Crippen LogP contribution in [0.5, 0.6) is 0 Å². The Bertz CT molecular complexity index is 242. The lowest BCUT2D eigenvalue weighted by atomic mass is 9.65. The Morgan fingerprint density at radius 2 is 1.93 bits per heavy atom. The first-order valence-corrected chi connectivity index (χ1v) is 5.54. The van der Waals surface area contributed by atoms with Crippen LogP contribution in [0.2, 0.25) is 0 Å². The molecule has 0 aromatic carbocycles. The first-order valence-electron chi connectivity index (χ1n) is 5.54. The maximum atomic E-state index is 5.69. The highest BCUT2D eigenvalue weighted by atomic mass is 14.6. The van der Waals surface area contributed by atoms with E-state index >= 15 is 0 Å². The van der Waals surface area contributed by atoms with Gasteiger partial charge in [0.2, 0.25) is 0 Å². The third-order valence-corrected chi connectivity index (χ3v) is 4.05. The van der Waals surface area contributed by atoms with Gasteiger partial charge >= 0.3 is 0 Å². The van der Waals surface area contributed by atoms with Crippen LogP contribution in [0.15, 0.2) is 24.4 Å². The Balaban J connectivity index is 2.70. The molecule has 0 aromatic heterocycles. The molecule has 4 unspecified atom stereocenters. The zero-order valence-electron chi connectivity index (χ0n) is 9.72. The molecule has 14 heavy (non-hydrogen) atoms.